The number of halogens is 1. The summed E-state index contributed by atoms with van der Waals surface area (Å²) in [6.07, 6.45) is 3.42. The number of aryl methyl sites for hydroxylation is 1. The van der Waals surface area contributed by atoms with Crippen molar-refractivity contribution in [2.75, 3.05) is 13.2 Å². The molecule has 0 aliphatic carbocycles. The zero-order valence-corrected chi connectivity index (χ0v) is 17.6. The van der Waals surface area contributed by atoms with Gasteiger partial charge in [-0.1, -0.05) is 37.1 Å². The molecule has 0 spiro atoms. The Labute approximate surface area is 180 Å². The van der Waals surface area contributed by atoms with Crippen molar-refractivity contribution in [3.05, 3.63) is 69.8 Å². The number of carbonyl (C=O) groups excluding carboxylic acids is 2. The maximum absolute atomic E-state index is 13.0. The molecule has 1 atom stereocenters. The van der Waals surface area contributed by atoms with Gasteiger partial charge in [-0.05, 0) is 60.7 Å². The second-order valence-electron chi connectivity index (χ2n) is 7.67. The van der Waals surface area contributed by atoms with Crippen molar-refractivity contribution in [1.82, 2.24) is 4.90 Å². The molecule has 0 aromatic heterocycles. The lowest BCUT2D eigenvalue weighted by molar-refractivity contribution is -0.139. The first-order chi connectivity index (χ1) is 14.5. The molecular formula is C24H24ClNO4. The Hall–Kier alpha value is -2.79. The molecule has 156 valence electrons. The third-order valence-corrected chi connectivity index (χ3v) is 5.91. The Morgan fingerprint density at radius 3 is 2.70 bits per heavy atom. The predicted octanol–water partition coefficient (Wildman–Crippen LogP) is 4.89. The van der Waals surface area contributed by atoms with Crippen molar-refractivity contribution in [1.29, 1.82) is 0 Å². The number of carbonyl (C=O) groups is 2. The minimum Gasteiger partial charge on any atom is -0.507 e. The van der Waals surface area contributed by atoms with Crippen LogP contribution >= 0.6 is 11.6 Å². The molecule has 1 fully saturated rings. The molecule has 2 aromatic rings. The molecule has 1 N–H and O–H groups in total. The summed E-state index contributed by atoms with van der Waals surface area (Å²) < 4.78 is 5.65. The van der Waals surface area contributed by atoms with Crippen LogP contribution in [0.4, 0.5) is 0 Å². The maximum Gasteiger partial charge on any atom is 0.295 e. The molecule has 6 heteroatoms. The van der Waals surface area contributed by atoms with Crippen LogP contribution in [-0.2, 0) is 16.0 Å². The van der Waals surface area contributed by atoms with E-state index in [1.165, 1.54) is 0 Å². The number of amides is 1. The molecule has 2 heterocycles. The van der Waals surface area contributed by atoms with Gasteiger partial charge in [0.15, 0.2) is 0 Å². The van der Waals surface area contributed by atoms with Crippen LogP contribution in [0.1, 0.15) is 48.9 Å². The van der Waals surface area contributed by atoms with Crippen molar-refractivity contribution in [2.45, 2.75) is 38.6 Å². The third kappa shape index (κ3) is 3.70. The van der Waals surface area contributed by atoms with Gasteiger partial charge in [-0.3, -0.25) is 9.59 Å². The highest BCUT2D eigenvalue weighted by atomic mass is 35.5. The zero-order chi connectivity index (χ0) is 21.3. The highest BCUT2D eigenvalue weighted by Gasteiger charge is 2.45. The van der Waals surface area contributed by atoms with E-state index in [-0.39, 0.29) is 11.3 Å². The number of hydrogen-bond donors (Lipinski definition) is 1. The van der Waals surface area contributed by atoms with Crippen molar-refractivity contribution in [3.8, 4) is 5.75 Å². The number of unbranched alkanes of at least 4 members (excludes halogenated alkanes) is 1. The van der Waals surface area contributed by atoms with Gasteiger partial charge in [0, 0.05) is 17.1 Å². The van der Waals surface area contributed by atoms with Gasteiger partial charge in [-0.15, -0.1) is 0 Å². The van der Waals surface area contributed by atoms with Crippen LogP contribution in [0.5, 0.6) is 5.75 Å². The Bertz CT molecular complexity index is 1010. The number of rotatable bonds is 5. The van der Waals surface area contributed by atoms with Gasteiger partial charge in [0.25, 0.3) is 11.7 Å². The van der Waals surface area contributed by atoms with Crippen molar-refractivity contribution in [2.24, 2.45) is 0 Å². The van der Waals surface area contributed by atoms with Crippen LogP contribution in [0.2, 0.25) is 5.02 Å². The van der Waals surface area contributed by atoms with E-state index in [2.05, 4.69) is 0 Å². The second-order valence-corrected chi connectivity index (χ2v) is 8.11. The monoisotopic (exact) mass is 425 g/mol. The molecule has 5 nitrogen and oxygen atoms in total. The van der Waals surface area contributed by atoms with Crippen LogP contribution in [0.15, 0.2) is 48.0 Å². The van der Waals surface area contributed by atoms with E-state index in [0.717, 1.165) is 42.6 Å². The van der Waals surface area contributed by atoms with Crippen LogP contribution < -0.4 is 4.74 Å². The van der Waals surface area contributed by atoms with E-state index in [0.29, 0.717) is 23.7 Å². The van der Waals surface area contributed by atoms with E-state index in [1.807, 2.05) is 19.1 Å². The first kappa shape index (κ1) is 20.5. The highest BCUT2D eigenvalue weighted by molar-refractivity contribution is 6.46. The van der Waals surface area contributed by atoms with Gasteiger partial charge in [0.05, 0.1) is 18.2 Å². The standard InChI is InChI=1S/C24H24ClNO4/c1-2-3-12-26-21(15-6-9-18(25)10-7-15)20(23(28)24(26)29)22(27)17-8-11-19-16(14-17)5-4-13-30-19/h6-11,14,21,27H,2-5,12-13H2,1H3/b22-20-. The molecule has 0 bridgehead atoms. The predicted molar refractivity (Wildman–Crippen MR) is 116 cm³/mol. The first-order valence-electron chi connectivity index (χ1n) is 10.3. The SMILES string of the molecule is CCCCN1C(=O)C(=O)/C(=C(\O)c2ccc3c(c2)CCCO3)C1c1ccc(Cl)cc1. The van der Waals surface area contributed by atoms with Gasteiger partial charge in [0.2, 0.25) is 0 Å². The lowest BCUT2D eigenvalue weighted by Crippen LogP contribution is -2.30. The second kappa shape index (κ2) is 8.52. The Morgan fingerprint density at radius 1 is 1.20 bits per heavy atom. The largest absolute Gasteiger partial charge is 0.507 e. The number of benzene rings is 2. The van der Waals surface area contributed by atoms with E-state index in [4.69, 9.17) is 16.3 Å². The normalized spacial score (nSPS) is 20.2. The van der Waals surface area contributed by atoms with Gasteiger partial charge in [-0.25, -0.2) is 0 Å². The summed E-state index contributed by atoms with van der Waals surface area (Å²) in [5.41, 5.74) is 2.38. The van der Waals surface area contributed by atoms with Crippen LogP contribution in [0.25, 0.3) is 5.76 Å². The molecule has 1 unspecified atom stereocenters. The molecule has 2 aliphatic rings. The molecule has 2 aromatic carbocycles. The van der Waals surface area contributed by atoms with Crippen molar-refractivity contribution in [3.63, 3.8) is 0 Å². The molecule has 2 aliphatic heterocycles. The third-order valence-electron chi connectivity index (χ3n) is 5.66. The fourth-order valence-corrected chi connectivity index (χ4v) is 4.22. The van der Waals surface area contributed by atoms with Gasteiger partial charge in [-0.2, -0.15) is 0 Å². The van der Waals surface area contributed by atoms with Crippen LogP contribution in [0, 0.1) is 0 Å². The smallest absolute Gasteiger partial charge is 0.295 e. The molecule has 1 saturated heterocycles. The van der Waals surface area contributed by atoms with Crippen LogP contribution in [-0.4, -0.2) is 34.8 Å². The number of nitrogens with zero attached hydrogens (tertiary/aromatic N) is 1. The highest BCUT2D eigenvalue weighted by Crippen LogP contribution is 2.40. The number of hydrogen-bond acceptors (Lipinski definition) is 4. The number of ether oxygens (including phenoxy) is 1. The van der Waals surface area contributed by atoms with E-state index < -0.39 is 17.7 Å². The van der Waals surface area contributed by atoms with E-state index in [9.17, 15) is 14.7 Å². The molecular weight excluding hydrogens is 402 g/mol. The Balaban J connectivity index is 1.82. The quantitative estimate of drug-likeness (QED) is 0.421. The summed E-state index contributed by atoms with van der Waals surface area (Å²) in [5.74, 6) is -0.583. The number of aliphatic hydroxyl groups is 1. The average molecular weight is 426 g/mol. The first-order valence-corrected chi connectivity index (χ1v) is 10.7. The van der Waals surface area contributed by atoms with E-state index in [1.54, 1.807) is 35.2 Å². The summed E-state index contributed by atoms with van der Waals surface area (Å²) in [6.45, 7) is 3.16. The Morgan fingerprint density at radius 2 is 1.97 bits per heavy atom. The lowest BCUT2D eigenvalue weighted by Gasteiger charge is -2.25. The topological polar surface area (TPSA) is 66.8 Å². The average Bonchev–Trinajstić information content (AvgIpc) is 3.02. The zero-order valence-electron chi connectivity index (χ0n) is 16.9. The molecule has 0 saturated carbocycles. The van der Waals surface area contributed by atoms with Crippen LogP contribution in [0.3, 0.4) is 0 Å². The number of likely N-dealkylation sites (tertiary alicyclic amines) is 1. The summed E-state index contributed by atoms with van der Waals surface area (Å²) in [6, 6.07) is 11.8. The number of fused-ring (bicyclic) bond motifs is 1. The summed E-state index contributed by atoms with van der Waals surface area (Å²) in [7, 11) is 0. The lowest BCUT2D eigenvalue weighted by atomic mass is 9.94. The van der Waals surface area contributed by atoms with Gasteiger partial charge < -0.3 is 14.7 Å². The summed E-state index contributed by atoms with van der Waals surface area (Å²) in [5, 5.41) is 11.7. The summed E-state index contributed by atoms with van der Waals surface area (Å²) in [4.78, 5) is 27.4. The molecule has 30 heavy (non-hydrogen) atoms. The molecule has 1 amide bonds. The minimum atomic E-state index is -0.655. The Kier molecular flexibility index (Phi) is 5.82. The minimum absolute atomic E-state index is 0.120. The molecule has 0 radical (unpaired) electrons. The number of aliphatic hydroxyl groups excluding tert-OH is 1. The molecule has 4 rings (SSSR count). The maximum atomic E-state index is 13.0. The number of Topliss-reactive ketones (excluding diaryl/α,β-unsaturated/α-hetero) is 1. The summed E-state index contributed by atoms with van der Waals surface area (Å²) >= 11 is 6.04. The van der Waals surface area contributed by atoms with Gasteiger partial charge in [0.1, 0.15) is 11.5 Å². The fourth-order valence-electron chi connectivity index (χ4n) is 4.09. The number of ketones is 1. The fraction of sp³-hybridized carbons (Fsp3) is 0.333. The van der Waals surface area contributed by atoms with Crippen molar-refractivity contribution >= 4 is 29.1 Å². The van der Waals surface area contributed by atoms with Crippen molar-refractivity contribution < 1.29 is 19.4 Å². The van der Waals surface area contributed by atoms with E-state index >= 15 is 0 Å². The van der Waals surface area contributed by atoms with Gasteiger partial charge >= 0.3 is 0 Å².